The summed E-state index contributed by atoms with van der Waals surface area (Å²) in [5, 5.41) is 9.21. The van der Waals surface area contributed by atoms with E-state index in [-0.39, 0.29) is 24.1 Å². The van der Waals surface area contributed by atoms with Crippen LogP contribution in [0.2, 0.25) is 0 Å². The van der Waals surface area contributed by atoms with E-state index in [1.165, 1.54) is 0 Å². The molecule has 28 heavy (non-hydrogen) atoms. The molecule has 6 nitrogen and oxygen atoms in total. The maximum atomic E-state index is 11.7. The van der Waals surface area contributed by atoms with Gasteiger partial charge in [0, 0.05) is 17.9 Å². The Morgan fingerprint density at radius 2 is 1.54 bits per heavy atom. The highest BCUT2D eigenvalue weighted by molar-refractivity contribution is 8.76. The molecule has 0 bridgehead atoms. The predicted molar refractivity (Wildman–Crippen MR) is 116 cm³/mol. The molecule has 0 amide bonds. The number of nitrogens with zero attached hydrogens (tertiary/aromatic N) is 1. The summed E-state index contributed by atoms with van der Waals surface area (Å²) in [5.74, 6) is 1.16. The zero-order chi connectivity index (χ0) is 20.6. The van der Waals surface area contributed by atoms with Gasteiger partial charge in [0.15, 0.2) is 0 Å². The molecule has 1 rings (SSSR count). The van der Waals surface area contributed by atoms with E-state index < -0.39 is 0 Å². The van der Waals surface area contributed by atoms with Gasteiger partial charge in [-0.2, -0.15) is 0 Å². The number of benzene rings is 1. The molecule has 8 heteroatoms. The van der Waals surface area contributed by atoms with Crippen molar-refractivity contribution in [3.8, 4) is 5.75 Å². The molecular weight excluding hydrogens is 398 g/mol. The van der Waals surface area contributed by atoms with Crippen LogP contribution in [-0.4, -0.2) is 66.3 Å². The van der Waals surface area contributed by atoms with E-state index in [0.717, 1.165) is 31.6 Å². The van der Waals surface area contributed by atoms with Crippen molar-refractivity contribution in [3.05, 3.63) is 29.8 Å². The van der Waals surface area contributed by atoms with Crippen LogP contribution >= 0.6 is 21.6 Å². The zero-order valence-electron chi connectivity index (χ0n) is 16.7. The standard InChI is InChI=1S/C20H31NO5S2/c1-3-21(4-2)11-5-6-19(23)25-12-14-27-28-15-13-26-20(24)16-17-7-9-18(22)10-8-17/h7-10,22H,3-6,11-16H2,1-2H3. The van der Waals surface area contributed by atoms with Crippen LogP contribution in [0.15, 0.2) is 24.3 Å². The average Bonchev–Trinajstić information content (AvgIpc) is 2.69. The van der Waals surface area contributed by atoms with E-state index >= 15 is 0 Å². The Morgan fingerprint density at radius 1 is 0.964 bits per heavy atom. The summed E-state index contributed by atoms with van der Waals surface area (Å²) in [5.41, 5.74) is 0.809. The van der Waals surface area contributed by atoms with Crippen molar-refractivity contribution in [1.29, 1.82) is 0 Å². The molecule has 0 spiro atoms. The number of phenols is 1. The first-order valence-corrected chi connectivity index (χ1v) is 12.1. The molecule has 0 aromatic heterocycles. The number of aromatic hydroxyl groups is 1. The number of ether oxygens (including phenoxy) is 2. The third kappa shape index (κ3) is 12.2. The first kappa shape index (κ1) is 24.7. The Kier molecular flexibility index (Phi) is 13.7. The van der Waals surface area contributed by atoms with E-state index in [0.29, 0.717) is 31.1 Å². The fourth-order valence-electron chi connectivity index (χ4n) is 2.39. The minimum atomic E-state index is -0.282. The molecule has 1 aromatic carbocycles. The lowest BCUT2D eigenvalue weighted by Crippen LogP contribution is -2.24. The van der Waals surface area contributed by atoms with Crippen molar-refractivity contribution in [1.82, 2.24) is 4.90 Å². The molecule has 0 aliphatic rings. The Hall–Kier alpha value is -1.38. The largest absolute Gasteiger partial charge is 0.508 e. The molecule has 0 saturated heterocycles. The minimum absolute atomic E-state index is 0.138. The lowest BCUT2D eigenvalue weighted by molar-refractivity contribution is -0.143. The third-order valence-electron chi connectivity index (χ3n) is 3.98. The summed E-state index contributed by atoms with van der Waals surface area (Å²) in [6.07, 6.45) is 1.49. The average molecular weight is 430 g/mol. The normalized spacial score (nSPS) is 10.8. The summed E-state index contributed by atoms with van der Waals surface area (Å²) < 4.78 is 10.4. The molecule has 158 valence electrons. The monoisotopic (exact) mass is 429 g/mol. The number of rotatable bonds is 15. The highest BCUT2D eigenvalue weighted by atomic mass is 33.1. The van der Waals surface area contributed by atoms with Gasteiger partial charge in [-0.3, -0.25) is 9.59 Å². The van der Waals surface area contributed by atoms with Crippen LogP contribution < -0.4 is 0 Å². The SMILES string of the molecule is CCN(CC)CCCC(=O)OCCSSCCOC(=O)Cc1ccc(O)cc1. The van der Waals surface area contributed by atoms with Crippen LogP contribution in [0.5, 0.6) is 5.75 Å². The first-order chi connectivity index (χ1) is 13.5. The van der Waals surface area contributed by atoms with Crippen LogP contribution in [0.3, 0.4) is 0 Å². The van der Waals surface area contributed by atoms with Gasteiger partial charge in [0.1, 0.15) is 19.0 Å². The van der Waals surface area contributed by atoms with E-state index in [4.69, 9.17) is 9.47 Å². The van der Waals surface area contributed by atoms with Crippen molar-refractivity contribution in [2.24, 2.45) is 0 Å². The molecule has 0 atom stereocenters. The van der Waals surface area contributed by atoms with Crippen molar-refractivity contribution in [2.75, 3.05) is 44.4 Å². The second-order valence-corrected chi connectivity index (χ2v) is 8.76. The number of esters is 2. The molecule has 0 saturated carbocycles. The predicted octanol–water partition coefficient (Wildman–Crippen LogP) is 3.52. The van der Waals surface area contributed by atoms with Gasteiger partial charge in [-0.05, 0) is 43.8 Å². The maximum Gasteiger partial charge on any atom is 0.310 e. The van der Waals surface area contributed by atoms with E-state index in [1.54, 1.807) is 45.9 Å². The molecule has 0 aliphatic heterocycles. The van der Waals surface area contributed by atoms with Crippen LogP contribution in [0, 0.1) is 0 Å². The van der Waals surface area contributed by atoms with E-state index in [1.807, 2.05) is 0 Å². The second kappa shape index (κ2) is 15.5. The zero-order valence-corrected chi connectivity index (χ0v) is 18.4. The topological polar surface area (TPSA) is 76.1 Å². The van der Waals surface area contributed by atoms with Crippen molar-refractivity contribution >= 4 is 33.5 Å². The lowest BCUT2D eigenvalue weighted by atomic mass is 10.1. The lowest BCUT2D eigenvalue weighted by Gasteiger charge is -2.17. The Bertz CT molecular complexity index is 564. The molecule has 0 heterocycles. The summed E-state index contributed by atoms with van der Waals surface area (Å²) in [6, 6.07) is 6.50. The van der Waals surface area contributed by atoms with Gasteiger partial charge >= 0.3 is 11.9 Å². The van der Waals surface area contributed by atoms with Crippen LogP contribution in [0.1, 0.15) is 32.3 Å². The smallest absolute Gasteiger partial charge is 0.310 e. The van der Waals surface area contributed by atoms with Gasteiger partial charge in [-0.25, -0.2) is 0 Å². The van der Waals surface area contributed by atoms with Crippen LogP contribution in [0.25, 0.3) is 0 Å². The molecular formula is C20H31NO5S2. The molecule has 0 aliphatic carbocycles. The van der Waals surface area contributed by atoms with Gasteiger partial charge in [-0.15, -0.1) is 0 Å². The fourth-order valence-corrected chi connectivity index (χ4v) is 4.04. The van der Waals surface area contributed by atoms with Crippen molar-refractivity contribution < 1.29 is 24.2 Å². The molecule has 1 N–H and O–H groups in total. The highest BCUT2D eigenvalue weighted by Crippen LogP contribution is 2.20. The van der Waals surface area contributed by atoms with Gasteiger partial charge in [0.05, 0.1) is 6.42 Å². The summed E-state index contributed by atoms with van der Waals surface area (Å²) >= 11 is 0. The number of carbonyl (C=O) groups excluding carboxylic acids is 2. The molecule has 0 unspecified atom stereocenters. The summed E-state index contributed by atoms with van der Waals surface area (Å²) in [6.45, 7) is 7.93. The van der Waals surface area contributed by atoms with Gasteiger partial charge < -0.3 is 19.5 Å². The number of carbonyl (C=O) groups is 2. The summed E-state index contributed by atoms with van der Waals surface area (Å²) in [4.78, 5) is 25.7. The number of hydrogen-bond acceptors (Lipinski definition) is 8. The van der Waals surface area contributed by atoms with Crippen molar-refractivity contribution in [2.45, 2.75) is 33.1 Å². The molecule has 0 radical (unpaired) electrons. The quantitative estimate of drug-likeness (QED) is 0.258. The van der Waals surface area contributed by atoms with Gasteiger partial charge in [0.25, 0.3) is 0 Å². The highest BCUT2D eigenvalue weighted by Gasteiger charge is 2.06. The second-order valence-electron chi connectivity index (χ2n) is 6.06. The Labute approximate surface area is 175 Å². The first-order valence-electron chi connectivity index (χ1n) is 9.61. The minimum Gasteiger partial charge on any atom is -0.508 e. The van der Waals surface area contributed by atoms with Crippen LogP contribution in [0.4, 0.5) is 0 Å². The fraction of sp³-hybridized carbons (Fsp3) is 0.600. The number of hydrogen-bond donors (Lipinski definition) is 1. The van der Waals surface area contributed by atoms with E-state index in [2.05, 4.69) is 18.7 Å². The molecule has 0 fully saturated rings. The maximum absolute atomic E-state index is 11.7. The number of phenolic OH excluding ortho intramolecular Hbond substituents is 1. The van der Waals surface area contributed by atoms with Gasteiger partial charge in [-0.1, -0.05) is 47.6 Å². The van der Waals surface area contributed by atoms with Crippen LogP contribution in [-0.2, 0) is 25.5 Å². The van der Waals surface area contributed by atoms with Crippen molar-refractivity contribution in [3.63, 3.8) is 0 Å². The Morgan fingerprint density at radius 3 is 2.11 bits per heavy atom. The molecule has 1 aromatic rings. The summed E-state index contributed by atoms with van der Waals surface area (Å²) in [7, 11) is 3.19. The van der Waals surface area contributed by atoms with E-state index in [9.17, 15) is 14.7 Å². The Balaban J connectivity index is 1.93. The third-order valence-corrected chi connectivity index (χ3v) is 6.31. The van der Waals surface area contributed by atoms with Gasteiger partial charge in [0.2, 0.25) is 0 Å².